The predicted molar refractivity (Wildman–Crippen MR) is 77.7 cm³/mol. The number of carbonyl (C=O) groups excluding carboxylic acids is 1. The van der Waals surface area contributed by atoms with Crippen LogP contribution in [0.4, 0.5) is 11.4 Å². The van der Waals surface area contributed by atoms with Crippen molar-refractivity contribution in [1.29, 1.82) is 0 Å². The number of nitrogen functional groups attached to an aromatic ring is 1. The zero-order chi connectivity index (χ0) is 14.5. The summed E-state index contributed by atoms with van der Waals surface area (Å²) in [6.45, 7) is 2.36. The lowest BCUT2D eigenvalue weighted by Crippen LogP contribution is -2.15. The Morgan fingerprint density at radius 2 is 2.20 bits per heavy atom. The van der Waals surface area contributed by atoms with E-state index in [1.165, 1.54) is 0 Å². The normalized spacial score (nSPS) is 10.5. The van der Waals surface area contributed by atoms with Gasteiger partial charge in [0, 0.05) is 12.8 Å². The monoisotopic (exact) mass is 274 g/mol. The average Bonchev–Trinajstić information content (AvgIpc) is 2.78. The van der Waals surface area contributed by atoms with Gasteiger partial charge in [-0.3, -0.25) is 9.89 Å². The molecule has 0 saturated carbocycles. The Bertz CT molecular complexity index is 607. The maximum Gasteiger partial charge on any atom is 0.278 e. The molecule has 0 atom stereocenters. The Morgan fingerprint density at radius 3 is 2.85 bits per heavy atom. The molecular weight excluding hydrogens is 256 g/mol. The van der Waals surface area contributed by atoms with Gasteiger partial charge in [0.15, 0.2) is 5.69 Å². The number of carbonyl (C=O) groups is 1. The first-order valence-electron chi connectivity index (χ1n) is 6.32. The van der Waals surface area contributed by atoms with Crippen LogP contribution in [0.1, 0.15) is 21.7 Å². The minimum Gasteiger partial charge on any atom is -0.395 e. The van der Waals surface area contributed by atoms with E-state index >= 15 is 0 Å². The van der Waals surface area contributed by atoms with Gasteiger partial charge >= 0.3 is 0 Å². The minimum atomic E-state index is -0.322. The second-order valence-electron chi connectivity index (χ2n) is 4.46. The highest BCUT2D eigenvalue weighted by molar-refractivity contribution is 6.06. The van der Waals surface area contributed by atoms with Gasteiger partial charge in [0.25, 0.3) is 5.91 Å². The highest BCUT2D eigenvalue weighted by Gasteiger charge is 2.16. The molecule has 2 rings (SSSR count). The van der Waals surface area contributed by atoms with Gasteiger partial charge in [-0.1, -0.05) is 18.2 Å². The van der Waals surface area contributed by atoms with E-state index in [-0.39, 0.29) is 11.6 Å². The van der Waals surface area contributed by atoms with Crippen LogP contribution in [0.25, 0.3) is 0 Å². The van der Waals surface area contributed by atoms with E-state index < -0.39 is 0 Å². The molecule has 2 aromatic rings. The molecule has 0 aliphatic carbocycles. The number of aromatic amines is 1. The van der Waals surface area contributed by atoms with Gasteiger partial charge in [0.2, 0.25) is 0 Å². The fourth-order valence-electron chi connectivity index (χ4n) is 1.86. The first kappa shape index (κ1) is 14.1. The van der Waals surface area contributed by atoms with Crippen molar-refractivity contribution in [3.63, 3.8) is 0 Å². The van der Waals surface area contributed by atoms with Crippen LogP contribution in [-0.2, 0) is 11.2 Å². The van der Waals surface area contributed by atoms with Crippen LogP contribution in [0, 0.1) is 6.92 Å². The lowest BCUT2D eigenvalue weighted by molar-refractivity contribution is 0.102. The van der Waals surface area contributed by atoms with E-state index in [2.05, 4.69) is 15.5 Å². The first-order chi connectivity index (χ1) is 9.63. The number of nitrogens with two attached hydrogens (primary N) is 1. The zero-order valence-corrected chi connectivity index (χ0v) is 11.6. The summed E-state index contributed by atoms with van der Waals surface area (Å²) in [7, 11) is 1.65. The fourth-order valence-corrected chi connectivity index (χ4v) is 1.86. The number of anilines is 2. The largest absolute Gasteiger partial charge is 0.395 e. The number of methoxy groups -OCH3 is 1. The number of benzene rings is 1. The molecule has 20 heavy (non-hydrogen) atoms. The van der Waals surface area contributed by atoms with Crippen LogP contribution < -0.4 is 11.1 Å². The third-order valence-corrected chi connectivity index (χ3v) is 3.05. The summed E-state index contributed by atoms with van der Waals surface area (Å²) in [5, 5.41) is 9.45. The third kappa shape index (κ3) is 2.97. The van der Waals surface area contributed by atoms with E-state index in [0.29, 0.717) is 18.0 Å². The van der Waals surface area contributed by atoms with Crippen molar-refractivity contribution in [3.05, 3.63) is 41.2 Å². The zero-order valence-electron chi connectivity index (χ0n) is 11.6. The number of nitrogens with one attached hydrogen (secondary N) is 2. The standard InChI is InChI=1S/C14H18N4O2/c1-9-12(15)13(18-17-9)14(19)16-11-6-4-3-5-10(11)7-8-20-2/h3-6H,7-8,15H2,1-2H3,(H,16,19)(H,17,18). The van der Waals surface area contributed by atoms with E-state index in [4.69, 9.17) is 10.5 Å². The minimum absolute atomic E-state index is 0.212. The van der Waals surface area contributed by atoms with E-state index in [1.807, 2.05) is 24.3 Å². The van der Waals surface area contributed by atoms with Crippen LogP contribution >= 0.6 is 0 Å². The molecule has 0 spiro atoms. The van der Waals surface area contributed by atoms with Gasteiger partial charge in [0.1, 0.15) is 0 Å². The number of amides is 1. The summed E-state index contributed by atoms with van der Waals surface area (Å²) < 4.78 is 5.06. The van der Waals surface area contributed by atoms with Crippen molar-refractivity contribution < 1.29 is 9.53 Å². The van der Waals surface area contributed by atoms with Gasteiger partial charge in [-0.2, -0.15) is 5.10 Å². The molecule has 0 saturated heterocycles. The topological polar surface area (TPSA) is 93.0 Å². The molecule has 1 aromatic carbocycles. The van der Waals surface area contributed by atoms with Gasteiger partial charge in [0.05, 0.1) is 18.0 Å². The maximum atomic E-state index is 12.2. The molecule has 4 N–H and O–H groups in total. The highest BCUT2D eigenvalue weighted by atomic mass is 16.5. The molecule has 0 radical (unpaired) electrons. The molecular formula is C14H18N4O2. The number of hydrogen-bond acceptors (Lipinski definition) is 4. The van der Waals surface area contributed by atoms with Crippen LogP contribution in [-0.4, -0.2) is 29.8 Å². The number of H-pyrrole nitrogens is 1. The molecule has 106 valence electrons. The Morgan fingerprint density at radius 1 is 1.45 bits per heavy atom. The Labute approximate surface area is 117 Å². The van der Waals surface area contributed by atoms with E-state index in [1.54, 1.807) is 14.0 Å². The summed E-state index contributed by atoms with van der Waals surface area (Å²) in [5.74, 6) is -0.322. The molecule has 0 fully saturated rings. The van der Waals surface area contributed by atoms with Crippen molar-refractivity contribution in [2.75, 3.05) is 24.8 Å². The van der Waals surface area contributed by atoms with Crippen molar-refractivity contribution in [2.24, 2.45) is 0 Å². The van der Waals surface area contributed by atoms with Crippen LogP contribution in [0.15, 0.2) is 24.3 Å². The van der Waals surface area contributed by atoms with Gasteiger partial charge in [-0.05, 0) is 25.0 Å². The lowest BCUT2D eigenvalue weighted by atomic mass is 10.1. The van der Waals surface area contributed by atoms with Crippen LogP contribution in [0.3, 0.4) is 0 Å². The number of ether oxygens (including phenoxy) is 1. The SMILES string of the molecule is COCCc1ccccc1NC(=O)c1n[nH]c(C)c1N. The molecule has 1 amide bonds. The molecule has 0 aliphatic rings. The van der Waals surface area contributed by atoms with Gasteiger partial charge < -0.3 is 15.8 Å². The maximum absolute atomic E-state index is 12.2. The molecule has 6 nitrogen and oxygen atoms in total. The summed E-state index contributed by atoms with van der Waals surface area (Å²) >= 11 is 0. The summed E-state index contributed by atoms with van der Waals surface area (Å²) in [5.41, 5.74) is 8.82. The number of hydrogen-bond donors (Lipinski definition) is 3. The number of para-hydroxylation sites is 1. The highest BCUT2D eigenvalue weighted by Crippen LogP contribution is 2.19. The van der Waals surface area contributed by atoms with Crippen molar-refractivity contribution in [2.45, 2.75) is 13.3 Å². The second kappa shape index (κ2) is 6.21. The third-order valence-electron chi connectivity index (χ3n) is 3.05. The second-order valence-corrected chi connectivity index (χ2v) is 4.46. The molecule has 0 aliphatic heterocycles. The van der Waals surface area contributed by atoms with Crippen molar-refractivity contribution >= 4 is 17.3 Å². The van der Waals surface area contributed by atoms with Crippen molar-refractivity contribution in [3.8, 4) is 0 Å². The molecule has 0 bridgehead atoms. The average molecular weight is 274 g/mol. The summed E-state index contributed by atoms with van der Waals surface area (Å²) in [4.78, 5) is 12.2. The number of aryl methyl sites for hydroxylation is 1. The first-order valence-corrected chi connectivity index (χ1v) is 6.32. The van der Waals surface area contributed by atoms with E-state index in [9.17, 15) is 4.79 Å². The fraction of sp³-hybridized carbons (Fsp3) is 0.286. The molecule has 1 aromatic heterocycles. The smallest absolute Gasteiger partial charge is 0.278 e. The summed E-state index contributed by atoms with van der Waals surface area (Å²) in [6.07, 6.45) is 0.724. The van der Waals surface area contributed by atoms with Crippen LogP contribution in [0.2, 0.25) is 0 Å². The number of nitrogens with zero attached hydrogens (tertiary/aromatic N) is 1. The van der Waals surface area contributed by atoms with Gasteiger partial charge in [-0.15, -0.1) is 0 Å². The molecule has 0 unspecified atom stereocenters. The quantitative estimate of drug-likeness (QED) is 0.774. The van der Waals surface area contributed by atoms with E-state index in [0.717, 1.165) is 17.7 Å². The number of aromatic nitrogens is 2. The Balaban J connectivity index is 2.17. The van der Waals surface area contributed by atoms with Crippen molar-refractivity contribution in [1.82, 2.24) is 10.2 Å². The Hall–Kier alpha value is -2.34. The molecule has 1 heterocycles. The number of rotatable bonds is 5. The predicted octanol–water partition coefficient (Wildman–Crippen LogP) is 1.74. The lowest BCUT2D eigenvalue weighted by Gasteiger charge is -2.10. The Kier molecular flexibility index (Phi) is 4.37. The van der Waals surface area contributed by atoms with Gasteiger partial charge in [-0.25, -0.2) is 0 Å². The molecule has 6 heteroatoms. The van der Waals surface area contributed by atoms with Crippen LogP contribution in [0.5, 0.6) is 0 Å². The summed E-state index contributed by atoms with van der Waals surface area (Å²) in [6, 6.07) is 7.59.